The van der Waals surface area contributed by atoms with Gasteiger partial charge >= 0.3 is 5.97 Å². The first-order valence-electron chi connectivity index (χ1n) is 8.00. The van der Waals surface area contributed by atoms with Crippen molar-refractivity contribution in [3.8, 4) is 0 Å². The van der Waals surface area contributed by atoms with Gasteiger partial charge in [0, 0.05) is 18.0 Å². The van der Waals surface area contributed by atoms with Gasteiger partial charge in [-0.2, -0.15) is 4.72 Å². The van der Waals surface area contributed by atoms with Gasteiger partial charge in [0.2, 0.25) is 15.9 Å². The van der Waals surface area contributed by atoms with E-state index in [9.17, 15) is 18.0 Å². The van der Waals surface area contributed by atoms with Gasteiger partial charge in [0.25, 0.3) is 0 Å². The van der Waals surface area contributed by atoms with Crippen molar-refractivity contribution in [3.63, 3.8) is 0 Å². The Balaban J connectivity index is 2.34. The maximum Gasteiger partial charge on any atom is 0.303 e. The van der Waals surface area contributed by atoms with Crippen LogP contribution in [0.5, 0.6) is 0 Å². The van der Waals surface area contributed by atoms with E-state index in [2.05, 4.69) is 10.0 Å². The van der Waals surface area contributed by atoms with Crippen LogP contribution in [0.3, 0.4) is 0 Å². The van der Waals surface area contributed by atoms with Crippen molar-refractivity contribution in [2.75, 3.05) is 6.54 Å². The fourth-order valence-corrected chi connectivity index (χ4v) is 3.42. The molecule has 0 fully saturated rings. The van der Waals surface area contributed by atoms with E-state index in [0.717, 1.165) is 12.8 Å². The molecule has 3 N–H and O–H groups in total. The SMILES string of the molecule is CC(NS(=O)(=O)c1ccc(Cl)cc1)C(=O)NCCCCCCC(=O)O. The number of sulfonamides is 1. The highest BCUT2D eigenvalue weighted by molar-refractivity contribution is 7.89. The first kappa shape index (κ1) is 21.4. The molecular formula is C16H23ClN2O5S. The second-order valence-electron chi connectivity index (χ2n) is 5.65. The number of carboxylic acids is 1. The fourth-order valence-electron chi connectivity index (χ4n) is 2.09. The van der Waals surface area contributed by atoms with Gasteiger partial charge in [0.1, 0.15) is 0 Å². The highest BCUT2D eigenvalue weighted by Crippen LogP contribution is 2.14. The summed E-state index contributed by atoms with van der Waals surface area (Å²) in [6.07, 6.45) is 3.05. The van der Waals surface area contributed by atoms with Crippen LogP contribution >= 0.6 is 11.6 Å². The van der Waals surface area contributed by atoms with Crippen molar-refractivity contribution in [2.24, 2.45) is 0 Å². The van der Waals surface area contributed by atoms with Gasteiger partial charge in [-0.1, -0.05) is 24.4 Å². The molecule has 0 radical (unpaired) electrons. The van der Waals surface area contributed by atoms with E-state index in [-0.39, 0.29) is 11.3 Å². The lowest BCUT2D eigenvalue weighted by molar-refractivity contribution is -0.137. The van der Waals surface area contributed by atoms with E-state index in [0.29, 0.717) is 24.4 Å². The Kier molecular flexibility index (Phi) is 8.88. The summed E-state index contributed by atoms with van der Waals surface area (Å²) < 4.78 is 26.7. The molecule has 1 aromatic rings. The Bertz CT molecular complexity index is 676. The van der Waals surface area contributed by atoms with Gasteiger partial charge in [-0.25, -0.2) is 8.42 Å². The highest BCUT2D eigenvalue weighted by atomic mass is 35.5. The molecule has 140 valence electrons. The first-order chi connectivity index (χ1) is 11.7. The number of rotatable bonds is 11. The molecule has 0 spiro atoms. The quantitative estimate of drug-likeness (QED) is 0.501. The third-order valence-corrected chi connectivity index (χ3v) is 5.27. The Hall–Kier alpha value is -1.64. The van der Waals surface area contributed by atoms with Crippen LogP contribution in [0.1, 0.15) is 39.0 Å². The van der Waals surface area contributed by atoms with Crippen molar-refractivity contribution in [3.05, 3.63) is 29.3 Å². The molecule has 0 heterocycles. The monoisotopic (exact) mass is 390 g/mol. The third-order valence-electron chi connectivity index (χ3n) is 3.47. The second kappa shape index (κ2) is 10.4. The van der Waals surface area contributed by atoms with Crippen molar-refractivity contribution in [1.82, 2.24) is 10.0 Å². The Labute approximate surface area is 152 Å². The molecule has 1 atom stereocenters. The molecule has 9 heteroatoms. The van der Waals surface area contributed by atoms with Crippen molar-refractivity contribution >= 4 is 33.5 Å². The lowest BCUT2D eigenvalue weighted by Crippen LogP contribution is -2.44. The predicted octanol–water partition coefficient (Wildman–Crippen LogP) is 2.16. The summed E-state index contributed by atoms with van der Waals surface area (Å²) in [6.45, 7) is 1.88. The van der Waals surface area contributed by atoms with E-state index in [1.165, 1.54) is 31.2 Å². The minimum Gasteiger partial charge on any atom is -0.481 e. The first-order valence-corrected chi connectivity index (χ1v) is 9.86. The molecule has 0 saturated heterocycles. The van der Waals surface area contributed by atoms with Crippen LogP contribution in [0.2, 0.25) is 5.02 Å². The standard InChI is InChI=1S/C16H23ClN2O5S/c1-12(16(22)18-11-5-3-2-4-6-15(20)21)19-25(23,24)14-9-7-13(17)8-10-14/h7-10,12,19H,2-6,11H2,1H3,(H,18,22)(H,20,21). The van der Waals surface area contributed by atoms with Crippen LogP contribution in [-0.2, 0) is 19.6 Å². The summed E-state index contributed by atoms with van der Waals surface area (Å²) in [4.78, 5) is 22.4. The summed E-state index contributed by atoms with van der Waals surface area (Å²) in [5.41, 5.74) is 0. The number of hydrogen-bond acceptors (Lipinski definition) is 4. The zero-order valence-corrected chi connectivity index (χ0v) is 15.6. The van der Waals surface area contributed by atoms with Crippen LogP contribution in [0, 0.1) is 0 Å². The average molecular weight is 391 g/mol. The lowest BCUT2D eigenvalue weighted by Gasteiger charge is -2.14. The molecule has 7 nitrogen and oxygen atoms in total. The van der Waals surface area contributed by atoms with Crippen LogP contribution < -0.4 is 10.0 Å². The largest absolute Gasteiger partial charge is 0.481 e. The number of amides is 1. The third kappa shape index (κ3) is 8.33. The normalized spacial score (nSPS) is 12.6. The maximum absolute atomic E-state index is 12.2. The van der Waals surface area contributed by atoms with E-state index < -0.39 is 27.9 Å². The molecule has 1 aromatic carbocycles. The molecule has 1 unspecified atom stereocenters. The maximum atomic E-state index is 12.2. The van der Waals surface area contributed by atoms with Crippen molar-refractivity contribution in [1.29, 1.82) is 0 Å². The average Bonchev–Trinajstić information content (AvgIpc) is 2.53. The topological polar surface area (TPSA) is 113 Å². The van der Waals surface area contributed by atoms with Gasteiger partial charge in [-0.15, -0.1) is 0 Å². The van der Waals surface area contributed by atoms with Crippen LogP contribution in [-0.4, -0.2) is 38.0 Å². The number of benzene rings is 1. The molecule has 25 heavy (non-hydrogen) atoms. The molecule has 0 aliphatic rings. The highest BCUT2D eigenvalue weighted by Gasteiger charge is 2.21. The summed E-state index contributed by atoms with van der Waals surface area (Å²) in [5.74, 6) is -1.22. The molecule has 0 bridgehead atoms. The smallest absolute Gasteiger partial charge is 0.303 e. The summed E-state index contributed by atoms with van der Waals surface area (Å²) in [6, 6.07) is 4.75. The molecule has 0 saturated carbocycles. The van der Waals surface area contributed by atoms with Crippen LogP contribution in [0.15, 0.2) is 29.2 Å². The van der Waals surface area contributed by atoms with Crippen LogP contribution in [0.4, 0.5) is 0 Å². The number of unbranched alkanes of at least 4 members (excludes halogenated alkanes) is 3. The van der Waals surface area contributed by atoms with Gasteiger partial charge in [0.05, 0.1) is 10.9 Å². The molecule has 0 aromatic heterocycles. The van der Waals surface area contributed by atoms with E-state index in [1.807, 2.05) is 0 Å². The molecule has 1 amide bonds. The minimum absolute atomic E-state index is 0.0370. The fraction of sp³-hybridized carbons (Fsp3) is 0.500. The molecule has 1 rings (SSSR count). The number of halogens is 1. The van der Waals surface area contributed by atoms with E-state index in [4.69, 9.17) is 16.7 Å². The summed E-state index contributed by atoms with van der Waals surface area (Å²) in [5, 5.41) is 11.6. The number of aliphatic carboxylic acids is 1. The van der Waals surface area contributed by atoms with Gasteiger partial charge in [-0.05, 0) is 44.0 Å². The molecule has 0 aliphatic heterocycles. The number of carbonyl (C=O) groups is 2. The van der Waals surface area contributed by atoms with E-state index in [1.54, 1.807) is 0 Å². The Morgan fingerprint density at radius 2 is 1.72 bits per heavy atom. The number of carbonyl (C=O) groups excluding carboxylic acids is 1. The number of carboxylic acid groups (broad SMARTS) is 1. The Morgan fingerprint density at radius 1 is 1.12 bits per heavy atom. The van der Waals surface area contributed by atoms with Crippen LogP contribution in [0.25, 0.3) is 0 Å². The Morgan fingerprint density at radius 3 is 2.32 bits per heavy atom. The zero-order valence-electron chi connectivity index (χ0n) is 14.0. The number of nitrogens with one attached hydrogen (secondary N) is 2. The molecular weight excluding hydrogens is 368 g/mol. The minimum atomic E-state index is -3.80. The second-order valence-corrected chi connectivity index (χ2v) is 7.80. The summed E-state index contributed by atoms with van der Waals surface area (Å²) in [7, 11) is -3.80. The lowest BCUT2D eigenvalue weighted by atomic mass is 10.1. The summed E-state index contributed by atoms with van der Waals surface area (Å²) >= 11 is 5.73. The van der Waals surface area contributed by atoms with Gasteiger partial charge in [0.15, 0.2) is 0 Å². The predicted molar refractivity (Wildman–Crippen MR) is 95.0 cm³/mol. The number of hydrogen-bond donors (Lipinski definition) is 3. The zero-order chi connectivity index (χ0) is 18.9. The van der Waals surface area contributed by atoms with Gasteiger partial charge < -0.3 is 10.4 Å². The van der Waals surface area contributed by atoms with Gasteiger partial charge in [-0.3, -0.25) is 9.59 Å². The van der Waals surface area contributed by atoms with Crippen molar-refractivity contribution in [2.45, 2.75) is 50.0 Å². The van der Waals surface area contributed by atoms with Crippen molar-refractivity contribution < 1.29 is 23.1 Å². The molecule has 0 aliphatic carbocycles. The van der Waals surface area contributed by atoms with E-state index >= 15 is 0 Å².